The van der Waals surface area contributed by atoms with Gasteiger partial charge in [0.15, 0.2) is 11.5 Å². The maximum Gasteiger partial charge on any atom is 0.238 e. The number of nitrogens with zero attached hydrogens (tertiary/aromatic N) is 1. The summed E-state index contributed by atoms with van der Waals surface area (Å²) in [4.78, 5) is 13.8. The minimum absolute atomic E-state index is 0.165. The SMILES string of the molecule is COc1ccccc1OCCN(C)CC(=O)Nc1ccc(F)cc1. The van der Waals surface area contributed by atoms with Crippen molar-refractivity contribution in [1.29, 1.82) is 0 Å². The number of carbonyl (C=O) groups excluding carboxylic acids is 1. The van der Waals surface area contributed by atoms with Crippen molar-refractivity contribution < 1.29 is 18.7 Å². The van der Waals surface area contributed by atoms with E-state index in [0.29, 0.717) is 30.3 Å². The first-order valence-electron chi connectivity index (χ1n) is 7.58. The fourth-order valence-electron chi connectivity index (χ4n) is 2.11. The second-order valence-electron chi connectivity index (χ2n) is 5.29. The van der Waals surface area contributed by atoms with E-state index in [9.17, 15) is 9.18 Å². The molecule has 1 N–H and O–H groups in total. The predicted molar refractivity (Wildman–Crippen MR) is 91.0 cm³/mol. The van der Waals surface area contributed by atoms with Crippen LogP contribution < -0.4 is 14.8 Å². The number of rotatable bonds is 8. The van der Waals surface area contributed by atoms with Crippen LogP contribution in [0.1, 0.15) is 0 Å². The molecule has 0 fully saturated rings. The average molecular weight is 332 g/mol. The van der Waals surface area contributed by atoms with Crippen molar-refractivity contribution in [2.75, 3.05) is 39.2 Å². The lowest BCUT2D eigenvalue weighted by Crippen LogP contribution is -2.33. The molecule has 1 amide bonds. The van der Waals surface area contributed by atoms with E-state index < -0.39 is 0 Å². The number of benzene rings is 2. The van der Waals surface area contributed by atoms with Crippen LogP contribution in [0, 0.1) is 5.82 Å². The number of ether oxygens (including phenoxy) is 2. The predicted octanol–water partition coefficient (Wildman–Crippen LogP) is 2.78. The first-order valence-corrected chi connectivity index (χ1v) is 7.58. The Morgan fingerprint density at radius 2 is 1.79 bits per heavy atom. The Hall–Kier alpha value is -2.60. The van der Waals surface area contributed by atoms with Crippen molar-refractivity contribution in [2.24, 2.45) is 0 Å². The average Bonchev–Trinajstić information content (AvgIpc) is 2.57. The van der Waals surface area contributed by atoms with Crippen LogP contribution in [0.3, 0.4) is 0 Å². The van der Waals surface area contributed by atoms with Crippen molar-refractivity contribution in [1.82, 2.24) is 4.90 Å². The largest absolute Gasteiger partial charge is 0.493 e. The molecular formula is C18H21FN2O3. The van der Waals surface area contributed by atoms with Crippen molar-refractivity contribution in [2.45, 2.75) is 0 Å². The highest BCUT2D eigenvalue weighted by Crippen LogP contribution is 2.25. The van der Waals surface area contributed by atoms with Gasteiger partial charge in [-0.1, -0.05) is 12.1 Å². The number of amides is 1. The maximum absolute atomic E-state index is 12.8. The summed E-state index contributed by atoms with van der Waals surface area (Å²) in [6, 6.07) is 13.1. The zero-order valence-corrected chi connectivity index (χ0v) is 13.8. The van der Waals surface area contributed by atoms with Gasteiger partial charge in [-0.05, 0) is 43.4 Å². The molecule has 5 nitrogen and oxygen atoms in total. The zero-order valence-electron chi connectivity index (χ0n) is 13.8. The van der Waals surface area contributed by atoms with Gasteiger partial charge in [0, 0.05) is 12.2 Å². The van der Waals surface area contributed by atoms with Crippen LogP contribution in [0.4, 0.5) is 10.1 Å². The van der Waals surface area contributed by atoms with E-state index in [4.69, 9.17) is 9.47 Å². The molecule has 0 aliphatic rings. The Kier molecular flexibility index (Phi) is 6.57. The fourth-order valence-corrected chi connectivity index (χ4v) is 2.11. The van der Waals surface area contributed by atoms with Crippen LogP contribution in [0.25, 0.3) is 0 Å². The van der Waals surface area contributed by atoms with Gasteiger partial charge < -0.3 is 14.8 Å². The molecule has 6 heteroatoms. The van der Waals surface area contributed by atoms with Crippen LogP contribution in [0.15, 0.2) is 48.5 Å². The van der Waals surface area contributed by atoms with Gasteiger partial charge in [0.05, 0.1) is 13.7 Å². The third-order valence-corrected chi connectivity index (χ3v) is 3.34. The van der Waals surface area contributed by atoms with Gasteiger partial charge in [-0.2, -0.15) is 0 Å². The molecule has 24 heavy (non-hydrogen) atoms. The molecule has 0 aliphatic carbocycles. The number of halogens is 1. The molecule has 0 aliphatic heterocycles. The molecule has 0 radical (unpaired) electrons. The molecule has 128 valence electrons. The molecule has 0 unspecified atom stereocenters. The van der Waals surface area contributed by atoms with E-state index in [1.54, 1.807) is 7.11 Å². The molecule has 0 atom stereocenters. The molecule has 2 aromatic rings. The second-order valence-corrected chi connectivity index (χ2v) is 5.29. The van der Waals surface area contributed by atoms with Gasteiger partial charge >= 0.3 is 0 Å². The Labute approximate surface area is 141 Å². The molecule has 0 heterocycles. The van der Waals surface area contributed by atoms with Crippen molar-refractivity contribution >= 4 is 11.6 Å². The Balaban J connectivity index is 1.73. The van der Waals surface area contributed by atoms with E-state index >= 15 is 0 Å². The molecule has 2 rings (SSSR count). The van der Waals surface area contributed by atoms with Crippen LogP contribution in [-0.4, -0.2) is 44.7 Å². The number of methoxy groups -OCH3 is 1. The molecule has 0 spiro atoms. The lowest BCUT2D eigenvalue weighted by molar-refractivity contribution is -0.117. The minimum atomic E-state index is -0.335. The van der Waals surface area contributed by atoms with Gasteiger partial charge in [-0.3, -0.25) is 9.69 Å². The Bertz CT molecular complexity index is 662. The summed E-state index contributed by atoms with van der Waals surface area (Å²) in [5.41, 5.74) is 0.570. The number of para-hydroxylation sites is 2. The number of likely N-dealkylation sites (N-methyl/N-ethyl adjacent to an activating group) is 1. The lowest BCUT2D eigenvalue weighted by atomic mass is 10.3. The van der Waals surface area contributed by atoms with E-state index in [-0.39, 0.29) is 18.3 Å². The fraction of sp³-hybridized carbons (Fsp3) is 0.278. The monoisotopic (exact) mass is 332 g/mol. The van der Waals surface area contributed by atoms with E-state index in [2.05, 4.69) is 5.32 Å². The third kappa shape index (κ3) is 5.55. The minimum Gasteiger partial charge on any atom is -0.493 e. The number of carbonyl (C=O) groups is 1. The summed E-state index contributed by atoms with van der Waals surface area (Å²) in [7, 11) is 3.42. The number of anilines is 1. The topological polar surface area (TPSA) is 50.8 Å². The highest BCUT2D eigenvalue weighted by atomic mass is 19.1. The summed E-state index contributed by atoms with van der Waals surface area (Å²) in [6.07, 6.45) is 0. The number of nitrogens with one attached hydrogen (secondary N) is 1. The lowest BCUT2D eigenvalue weighted by Gasteiger charge is -2.17. The maximum atomic E-state index is 12.8. The van der Waals surface area contributed by atoms with E-state index in [1.165, 1.54) is 24.3 Å². The summed E-state index contributed by atoms with van der Waals surface area (Å²) < 4.78 is 23.7. The molecule has 0 aromatic heterocycles. The zero-order chi connectivity index (χ0) is 17.4. The normalized spacial score (nSPS) is 10.5. The molecular weight excluding hydrogens is 311 g/mol. The van der Waals surface area contributed by atoms with E-state index in [1.807, 2.05) is 36.2 Å². The quantitative estimate of drug-likeness (QED) is 0.808. The summed E-state index contributed by atoms with van der Waals surface area (Å²) in [5.74, 6) is 0.846. The number of hydrogen-bond acceptors (Lipinski definition) is 4. The molecule has 2 aromatic carbocycles. The summed E-state index contributed by atoms with van der Waals surface area (Å²) in [6.45, 7) is 1.22. The first kappa shape index (κ1) is 17.7. The Morgan fingerprint density at radius 1 is 1.12 bits per heavy atom. The Morgan fingerprint density at radius 3 is 2.46 bits per heavy atom. The number of hydrogen-bond donors (Lipinski definition) is 1. The highest BCUT2D eigenvalue weighted by Gasteiger charge is 2.08. The summed E-state index contributed by atoms with van der Waals surface area (Å²) in [5, 5.41) is 2.72. The van der Waals surface area contributed by atoms with Crippen molar-refractivity contribution in [3.8, 4) is 11.5 Å². The van der Waals surface area contributed by atoms with Gasteiger partial charge in [0.25, 0.3) is 0 Å². The van der Waals surface area contributed by atoms with Crippen LogP contribution in [0.5, 0.6) is 11.5 Å². The van der Waals surface area contributed by atoms with Crippen molar-refractivity contribution in [3.05, 3.63) is 54.3 Å². The first-order chi connectivity index (χ1) is 11.6. The van der Waals surface area contributed by atoms with Crippen LogP contribution >= 0.6 is 0 Å². The smallest absolute Gasteiger partial charge is 0.238 e. The molecule has 0 saturated carbocycles. The van der Waals surface area contributed by atoms with Crippen LogP contribution in [0.2, 0.25) is 0 Å². The van der Waals surface area contributed by atoms with Gasteiger partial charge in [0.2, 0.25) is 5.91 Å². The van der Waals surface area contributed by atoms with Gasteiger partial charge in [-0.15, -0.1) is 0 Å². The standard InChI is InChI=1S/C18H21FN2O3/c1-21(11-12-24-17-6-4-3-5-16(17)23-2)13-18(22)20-15-9-7-14(19)8-10-15/h3-10H,11-13H2,1-2H3,(H,20,22). The van der Waals surface area contributed by atoms with Gasteiger partial charge in [0.1, 0.15) is 12.4 Å². The third-order valence-electron chi connectivity index (χ3n) is 3.34. The molecule has 0 bridgehead atoms. The van der Waals surface area contributed by atoms with E-state index in [0.717, 1.165) is 0 Å². The second kappa shape index (κ2) is 8.88. The van der Waals surface area contributed by atoms with Crippen LogP contribution in [-0.2, 0) is 4.79 Å². The highest BCUT2D eigenvalue weighted by molar-refractivity contribution is 5.92. The summed E-state index contributed by atoms with van der Waals surface area (Å²) >= 11 is 0. The molecule has 0 saturated heterocycles. The van der Waals surface area contributed by atoms with Gasteiger partial charge in [-0.25, -0.2) is 4.39 Å². The van der Waals surface area contributed by atoms with Crippen molar-refractivity contribution in [3.63, 3.8) is 0 Å².